The Balaban J connectivity index is 4.38. The smallest absolute Gasteiger partial charge is 0.0616 e. The van der Waals surface area contributed by atoms with Gasteiger partial charge in [-0.2, -0.15) is 0 Å². The predicted molar refractivity (Wildman–Crippen MR) is 85.6 cm³/mol. The summed E-state index contributed by atoms with van der Waals surface area (Å²) in [5, 5.41) is 27.3. The minimum atomic E-state index is -1.07. The minimum absolute atomic E-state index is 0.273. The van der Waals surface area contributed by atoms with Crippen LogP contribution in [-0.2, 0) is 0 Å². The van der Waals surface area contributed by atoms with Gasteiger partial charge in [0, 0.05) is 46.3 Å². The zero-order valence-corrected chi connectivity index (χ0v) is 13.6. The first kappa shape index (κ1) is 19.3. The third-order valence-corrected chi connectivity index (χ3v) is 8.92. The summed E-state index contributed by atoms with van der Waals surface area (Å²) in [5.74, 6) is 0. The van der Waals surface area contributed by atoms with E-state index in [1.807, 2.05) is 0 Å². The van der Waals surface area contributed by atoms with Crippen molar-refractivity contribution in [2.45, 2.75) is 51.9 Å². The van der Waals surface area contributed by atoms with Crippen LogP contribution >= 0.6 is 7.26 Å². The summed E-state index contributed by atoms with van der Waals surface area (Å²) < 4.78 is 0. The topological polar surface area (TPSA) is 60.7 Å². The monoisotopic (exact) mass is 293 g/mol. The summed E-state index contributed by atoms with van der Waals surface area (Å²) in [7, 11) is -1.07. The molecule has 0 heterocycles. The van der Waals surface area contributed by atoms with Gasteiger partial charge in [0.05, 0.1) is 24.6 Å². The van der Waals surface area contributed by atoms with Crippen LogP contribution in [0, 0.1) is 0 Å². The molecule has 3 N–H and O–H groups in total. The Morgan fingerprint density at radius 2 is 1.00 bits per heavy atom. The molecule has 0 aliphatic heterocycles. The predicted octanol–water partition coefficient (Wildman–Crippen LogP) is 2.73. The summed E-state index contributed by atoms with van der Waals surface area (Å²) in [5.41, 5.74) is 0. The normalized spacial score (nSPS) is 12.0. The first-order valence-electron chi connectivity index (χ1n) is 7.92. The lowest BCUT2D eigenvalue weighted by molar-refractivity contribution is 0.292. The molecule has 116 valence electrons. The number of hydrogen-bond donors (Lipinski definition) is 3. The molecular formula is C15H34O3P+. The largest absolute Gasteiger partial charge is 0.396 e. The van der Waals surface area contributed by atoms with Gasteiger partial charge < -0.3 is 15.3 Å². The molecule has 0 rings (SSSR count). The van der Waals surface area contributed by atoms with Crippen molar-refractivity contribution in [3.63, 3.8) is 0 Å². The van der Waals surface area contributed by atoms with E-state index in [-0.39, 0.29) is 19.8 Å². The fraction of sp³-hybridized carbons (Fsp3) is 1.00. The molecule has 0 saturated carbocycles. The first-order chi connectivity index (χ1) is 9.24. The zero-order valence-electron chi connectivity index (χ0n) is 12.7. The number of hydrogen-bond acceptors (Lipinski definition) is 3. The third-order valence-electron chi connectivity index (χ3n) is 3.86. The van der Waals surface area contributed by atoms with Gasteiger partial charge in [0.1, 0.15) is 0 Å². The molecule has 0 saturated heterocycles. The second-order valence-corrected chi connectivity index (χ2v) is 10.0. The molecule has 0 aliphatic rings. The Morgan fingerprint density at radius 1 is 0.579 bits per heavy atom. The van der Waals surface area contributed by atoms with Crippen LogP contribution in [0.2, 0.25) is 0 Å². The highest BCUT2D eigenvalue weighted by atomic mass is 31.2. The SMILES string of the molecule is CCCCCC[P+](CCCO)(CCCO)CCCO. The lowest BCUT2D eigenvalue weighted by atomic mass is 10.2. The minimum Gasteiger partial charge on any atom is -0.396 e. The van der Waals surface area contributed by atoms with Crippen LogP contribution in [0.25, 0.3) is 0 Å². The van der Waals surface area contributed by atoms with Crippen LogP contribution in [-0.4, -0.2) is 59.8 Å². The molecule has 0 bridgehead atoms. The van der Waals surface area contributed by atoms with Crippen LogP contribution in [0.1, 0.15) is 51.9 Å². The average Bonchev–Trinajstić information content (AvgIpc) is 2.44. The molecule has 0 aromatic carbocycles. The number of rotatable bonds is 14. The van der Waals surface area contributed by atoms with Gasteiger partial charge in [0.15, 0.2) is 0 Å². The highest BCUT2D eigenvalue weighted by molar-refractivity contribution is 7.75. The van der Waals surface area contributed by atoms with Crippen LogP contribution in [0.5, 0.6) is 0 Å². The van der Waals surface area contributed by atoms with Gasteiger partial charge in [0.2, 0.25) is 0 Å². The van der Waals surface area contributed by atoms with E-state index < -0.39 is 7.26 Å². The van der Waals surface area contributed by atoms with Crippen LogP contribution in [0.3, 0.4) is 0 Å². The van der Waals surface area contributed by atoms with Gasteiger partial charge in [-0.25, -0.2) is 0 Å². The quantitative estimate of drug-likeness (QED) is 0.341. The van der Waals surface area contributed by atoms with Gasteiger partial charge in [-0.3, -0.25) is 0 Å². The first-order valence-corrected chi connectivity index (χ1v) is 10.5. The van der Waals surface area contributed by atoms with Gasteiger partial charge >= 0.3 is 0 Å². The van der Waals surface area contributed by atoms with E-state index in [0.29, 0.717) is 0 Å². The van der Waals surface area contributed by atoms with Crippen molar-refractivity contribution in [2.75, 3.05) is 44.5 Å². The molecule has 0 fully saturated rings. The molecule has 3 nitrogen and oxygen atoms in total. The maximum atomic E-state index is 9.11. The Hall–Kier alpha value is 0.310. The molecule has 0 radical (unpaired) electrons. The fourth-order valence-corrected chi connectivity index (χ4v) is 7.44. The molecule has 19 heavy (non-hydrogen) atoms. The second-order valence-electron chi connectivity index (χ2n) is 5.53. The highest BCUT2D eigenvalue weighted by Gasteiger charge is 2.34. The van der Waals surface area contributed by atoms with E-state index >= 15 is 0 Å². The summed E-state index contributed by atoms with van der Waals surface area (Å²) >= 11 is 0. The van der Waals surface area contributed by atoms with Crippen LogP contribution < -0.4 is 0 Å². The molecule has 0 aromatic rings. The van der Waals surface area contributed by atoms with Gasteiger partial charge in [0.25, 0.3) is 0 Å². The van der Waals surface area contributed by atoms with E-state index in [1.165, 1.54) is 31.8 Å². The summed E-state index contributed by atoms with van der Waals surface area (Å²) in [4.78, 5) is 0. The maximum Gasteiger partial charge on any atom is 0.0616 e. The second kappa shape index (κ2) is 13.3. The Bertz CT molecular complexity index is 166. The molecule has 0 aliphatic carbocycles. The van der Waals surface area contributed by atoms with Crippen LogP contribution in [0.4, 0.5) is 0 Å². The van der Waals surface area contributed by atoms with Crippen molar-refractivity contribution in [2.24, 2.45) is 0 Å². The zero-order chi connectivity index (χ0) is 14.4. The van der Waals surface area contributed by atoms with E-state index in [4.69, 9.17) is 15.3 Å². The van der Waals surface area contributed by atoms with Crippen molar-refractivity contribution in [1.82, 2.24) is 0 Å². The Labute approximate surface area is 119 Å². The van der Waals surface area contributed by atoms with Crippen LogP contribution in [0.15, 0.2) is 0 Å². The Kier molecular flexibility index (Phi) is 13.5. The standard InChI is InChI=1S/C15H34O3P/c1-2-3-4-5-12-19(13-6-9-16,14-7-10-17)15-8-11-18/h16-18H,2-15H2,1H3/q+1. The number of unbranched alkanes of at least 4 members (excludes halogenated alkanes) is 3. The molecule has 0 spiro atoms. The van der Waals surface area contributed by atoms with Gasteiger partial charge in [-0.05, 0) is 12.8 Å². The van der Waals surface area contributed by atoms with Crippen molar-refractivity contribution in [3.8, 4) is 0 Å². The maximum absolute atomic E-state index is 9.11. The highest BCUT2D eigenvalue weighted by Crippen LogP contribution is 2.60. The van der Waals surface area contributed by atoms with E-state index in [1.54, 1.807) is 0 Å². The molecule has 0 amide bonds. The molecule has 0 atom stereocenters. The van der Waals surface area contributed by atoms with Gasteiger partial charge in [-0.1, -0.05) is 19.8 Å². The average molecular weight is 293 g/mol. The van der Waals surface area contributed by atoms with Crippen molar-refractivity contribution >= 4 is 7.26 Å². The van der Waals surface area contributed by atoms with Gasteiger partial charge in [-0.15, -0.1) is 0 Å². The molecular weight excluding hydrogens is 259 g/mol. The third kappa shape index (κ3) is 9.79. The van der Waals surface area contributed by atoms with Crippen molar-refractivity contribution < 1.29 is 15.3 Å². The Morgan fingerprint density at radius 3 is 1.37 bits per heavy atom. The molecule has 0 aromatic heterocycles. The van der Waals surface area contributed by atoms with Crippen molar-refractivity contribution in [3.05, 3.63) is 0 Å². The lowest BCUT2D eigenvalue weighted by Gasteiger charge is -2.27. The summed E-state index contributed by atoms with van der Waals surface area (Å²) in [6.07, 6.45) is 12.5. The number of aliphatic hydroxyl groups excluding tert-OH is 3. The lowest BCUT2D eigenvalue weighted by Crippen LogP contribution is -2.15. The summed E-state index contributed by atoms with van der Waals surface area (Å²) in [6, 6.07) is 0. The fourth-order valence-electron chi connectivity index (χ4n) is 2.76. The summed E-state index contributed by atoms with van der Waals surface area (Å²) in [6.45, 7) is 3.05. The van der Waals surface area contributed by atoms with E-state index in [9.17, 15) is 0 Å². The molecule has 0 unspecified atom stereocenters. The van der Waals surface area contributed by atoms with E-state index in [2.05, 4.69) is 6.92 Å². The van der Waals surface area contributed by atoms with Crippen molar-refractivity contribution in [1.29, 1.82) is 0 Å². The van der Waals surface area contributed by atoms with E-state index in [0.717, 1.165) is 37.7 Å². The molecule has 4 heteroatoms. The number of aliphatic hydroxyl groups is 3.